The van der Waals surface area contributed by atoms with E-state index in [1.54, 1.807) is 0 Å². The largest absolute Gasteiger partial charge is 0.756 e. The first-order valence-corrected chi connectivity index (χ1v) is 67.2. The second-order valence-corrected chi connectivity index (χ2v) is 50.8. The molecule has 0 bridgehead atoms. The molecule has 864 valence electrons. The summed E-state index contributed by atoms with van der Waals surface area (Å²) in [5.41, 5.74) is 3.61. The Morgan fingerprint density at radius 1 is 0.222 bits per heavy atom. The number of likely N-dealkylation sites (N-methyl/N-ethyl adjacent to an activating group) is 2. The normalized spacial score (nSPS) is 17.5. The summed E-state index contributed by atoms with van der Waals surface area (Å²) in [6.45, 7) is 16.4. The molecule has 0 aromatic heterocycles. The van der Waals surface area contributed by atoms with Crippen LogP contribution in [0.3, 0.4) is 0 Å². The van der Waals surface area contributed by atoms with E-state index in [2.05, 4.69) is 47.3 Å². The molecule has 3 heterocycles. The average molecular weight is 2110 g/mol. The lowest BCUT2D eigenvalue weighted by molar-refractivity contribution is -0.870. The first kappa shape index (κ1) is 142. The third-order valence-electron chi connectivity index (χ3n) is 29.9. The van der Waals surface area contributed by atoms with E-state index in [0.29, 0.717) is 48.4 Å². The maximum Gasteiger partial charge on any atom is 0.268 e. The number of nitrogens with zero attached hydrogens (tertiary/aromatic N) is 2. The number of phosphoric acid groups is 3. The first-order chi connectivity index (χ1) is 69.7. The number of ether oxygens (including phenoxy) is 6. The van der Waals surface area contributed by atoms with Crippen LogP contribution in [-0.4, -0.2) is 166 Å². The van der Waals surface area contributed by atoms with E-state index < -0.39 is 40.8 Å². The second kappa shape index (κ2) is 98.6. The number of unbranched alkanes of at least 4 members (excludes halogenated alkanes) is 78. The van der Waals surface area contributed by atoms with Crippen LogP contribution in [0.1, 0.15) is 619 Å². The smallest absolute Gasteiger partial charge is 0.268 e. The monoisotopic (exact) mass is 2110 g/mol. The van der Waals surface area contributed by atoms with Crippen molar-refractivity contribution in [2.75, 3.05) is 121 Å². The highest BCUT2D eigenvalue weighted by atomic mass is 31.2. The van der Waals surface area contributed by atoms with Crippen molar-refractivity contribution in [3.05, 3.63) is 0 Å². The molecule has 0 radical (unpaired) electrons. The van der Waals surface area contributed by atoms with E-state index in [-0.39, 0.29) is 58.0 Å². The molecule has 3 saturated heterocycles. The molecule has 21 nitrogen and oxygen atoms in total. The van der Waals surface area contributed by atoms with Crippen LogP contribution >= 0.6 is 23.5 Å². The Bertz CT molecular complexity index is 2600. The molecule has 0 spiro atoms. The van der Waals surface area contributed by atoms with Gasteiger partial charge in [0.1, 0.15) is 51.2 Å². The highest BCUT2D eigenvalue weighted by molar-refractivity contribution is 7.46. The third kappa shape index (κ3) is 93.2. The number of rotatable bonds is 110. The lowest BCUT2D eigenvalue weighted by Gasteiger charge is -2.29. The van der Waals surface area contributed by atoms with Gasteiger partial charge in [-0.25, -0.2) is 0 Å². The summed E-state index contributed by atoms with van der Waals surface area (Å²) >= 11 is 0. The van der Waals surface area contributed by atoms with Crippen LogP contribution in [0.4, 0.5) is 0 Å². The Morgan fingerprint density at radius 3 is 0.486 bits per heavy atom. The van der Waals surface area contributed by atoms with Crippen LogP contribution in [0.25, 0.3) is 0 Å². The minimum absolute atomic E-state index is 0.0327. The van der Waals surface area contributed by atoms with Gasteiger partial charge in [0.25, 0.3) is 23.5 Å². The van der Waals surface area contributed by atoms with E-state index in [9.17, 15) is 28.4 Å². The highest BCUT2D eigenvalue weighted by Gasteiger charge is 2.44. The van der Waals surface area contributed by atoms with Gasteiger partial charge in [0.15, 0.2) is 17.4 Å². The van der Waals surface area contributed by atoms with Gasteiger partial charge >= 0.3 is 0 Å². The van der Waals surface area contributed by atoms with E-state index in [4.69, 9.17) is 55.6 Å². The van der Waals surface area contributed by atoms with Gasteiger partial charge in [0.05, 0.1) is 88.5 Å². The van der Waals surface area contributed by atoms with E-state index in [1.807, 2.05) is 42.3 Å². The number of phosphoric ester groups is 3. The average Bonchev–Trinajstić information content (AvgIpc) is 1.70. The van der Waals surface area contributed by atoms with Crippen LogP contribution in [-0.2, 0) is 69.3 Å². The molecular formula is C120H246N3O18P3. The topological polar surface area (TPSA) is 259 Å². The minimum Gasteiger partial charge on any atom is -0.756 e. The standard InChI is InChI=1S/2C41H84NO6P.C38H78NO6P/c2*1-6-8-10-12-14-16-18-20-22-24-26-28-30-32-34-41(35-33-31-29-27-25-23-21-19-17-15-13-11-9-7-2)45-38-40(48-41)39-47-49(43,44)46-37-36-42(3,4)5;1-3-5-7-9-11-13-15-17-19-21-23-25-27-29-31-38(42-35-37(45-38)36-44-46(40,41)43-34-33-39)32-30-28-26-24-22-20-18-16-14-12-10-8-6-4-2/h2*40H,6-39H2,1-5H3;37H,3-36,39H2,1-2H3,(H,40,41). The number of quaternary nitrogens is 3. The van der Waals surface area contributed by atoms with Gasteiger partial charge in [-0.15, -0.1) is 0 Å². The zero-order chi connectivity index (χ0) is 105. The molecule has 0 aromatic carbocycles. The maximum atomic E-state index is 12.4. The van der Waals surface area contributed by atoms with Crippen molar-refractivity contribution in [3.8, 4) is 0 Å². The molecule has 3 N–H and O–H groups in total. The fraction of sp³-hybridized carbons (Fsp3) is 1.00. The van der Waals surface area contributed by atoms with Crippen molar-refractivity contribution in [2.45, 2.75) is 655 Å². The van der Waals surface area contributed by atoms with Crippen LogP contribution in [0, 0.1) is 0 Å². The zero-order valence-corrected chi connectivity index (χ0v) is 100. The van der Waals surface area contributed by atoms with Crippen LogP contribution in [0.2, 0.25) is 0 Å². The van der Waals surface area contributed by atoms with Crippen LogP contribution in [0.5, 0.6) is 0 Å². The molecule has 6 atom stereocenters. The Morgan fingerprint density at radius 2 is 0.354 bits per heavy atom. The molecular weight excluding hydrogens is 1860 g/mol. The Hall–Kier alpha value is -0.0300. The van der Waals surface area contributed by atoms with Gasteiger partial charge in [-0.05, 0) is 38.5 Å². The van der Waals surface area contributed by atoms with Crippen molar-refractivity contribution in [1.29, 1.82) is 0 Å². The molecule has 3 aliphatic heterocycles. The fourth-order valence-corrected chi connectivity index (χ4v) is 22.7. The van der Waals surface area contributed by atoms with Crippen LogP contribution in [0.15, 0.2) is 0 Å². The quantitative estimate of drug-likeness (QED) is 0.0337. The van der Waals surface area contributed by atoms with Gasteiger partial charge < -0.3 is 84.9 Å². The van der Waals surface area contributed by atoms with Gasteiger partial charge in [-0.1, -0.05) is 542 Å². The van der Waals surface area contributed by atoms with Crippen LogP contribution < -0.4 is 20.4 Å². The second-order valence-electron chi connectivity index (χ2n) is 46.6. The molecule has 0 saturated carbocycles. The molecule has 144 heavy (non-hydrogen) atoms. The summed E-state index contributed by atoms with van der Waals surface area (Å²) in [6, 6.07) is 0. The summed E-state index contributed by atoms with van der Waals surface area (Å²) in [5, 5.41) is 0. The van der Waals surface area contributed by atoms with Gasteiger partial charge in [0.2, 0.25) is 0 Å². The lowest BCUT2D eigenvalue weighted by Crippen LogP contribution is -2.52. The third-order valence-corrected chi connectivity index (χ3v) is 32.8. The predicted molar refractivity (Wildman–Crippen MR) is 602 cm³/mol. The Balaban J connectivity index is 0.00000108. The van der Waals surface area contributed by atoms with Gasteiger partial charge in [0, 0.05) is 38.5 Å². The molecule has 3 fully saturated rings. The molecule has 0 aromatic rings. The number of hydrogen-bond donors (Lipinski definition) is 1. The summed E-state index contributed by atoms with van der Waals surface area (Å²) in [5.74, 6) is -1.83. The highest BCUT2D eigenvalue weighted by Crippen LogP contribution is 2.45. The van der Waals surface area contributed by atoms with E-state index in [1.165, 1.54) is 501 Å². The maximum absolute atomic E-state index is 12.4. The van der Waals surface area contributed by atoms with Crippen molar-refractivity contribution in [2.24, 2.45) is 0 Å². The fourth-order valence-electron chi connectivity index (χ4n) is 20.5. The van der Waals surface area contributed by atoms with Crippen molar-refractivity contribution >= 4 is 23.5 Å². The van der Waals surface area contributed by atoms with Gasteiger partial charge in [-0.2, -0.15) is 0 Å². The van der Waals surface area contributed by atoms with Crippen molar-refractivity contribution < 1.29 is 98.6 Å². The number of hydrogen-bond acceptors (Lipinski definition) is 18. The van der Waals surface area contributed by atoms with Crippen molar-refractivity contribution in [3.63, 3.8) is 0 Å². The molecule has 0 amide bonds. The summed E-state index contributed by atoms with van der Waals surface area (Å²) in [4.78, 5) is 36.7. The predicted octanol–water partition coefficient (Wildman–Crippen LogP) is 34.7. The summed E-state index contributed by atoms with van der Waals surface area (Å²) < 4.78 is 107. The first-order valence-electron chi connectivity index (χ1n) is 62.9. The molecule has 0 aliphatic carbocycles. The molecule has 24 heteroatoms. The molecule has 3 rings (SSSR count). The summed E-state index contributed by atoms with van der Waals surface area (Å²) in [7, 11) is -1.08. The molecule has 3 aliphatic rings. The van der Waals surface area contributed by atoms with Crippen molar-refractivity contribution in [1.82, 2.24) is 0 Å². The summed E-state index contributed by atoms with van der Waals surface area (Å²) in [6.07, 6.45) is 116. The SMILES string of the molecule is CCCCCCCCCCCCCCCCC1(CCCCCCCCCCCCCCCC)OCC(COP(=O)([O-])OCC[N+](C)(C)C)O1.CCCCCCCCCCCCCCCCC1(CCCCCCCCCCCCCCCC)OCC(COP(=O)([O-])OCC[N+](C)(C)C)O1.CCCCCCCCCCCCCCCCC1(CCCCCCCCCCCCCCCC)OCC(COP(=O)([O-])OCC[NH3+])O1. The minimum atomic E-state index is -4.37. The van der Waals surface area contributed by atoms with E-state index in [0.717, 1.165) is 77.0 Å². The lowest BCUT2D eigenvalue weighted by atomic mass is 9.98. The van der Waals surface area contributed by atoms with E-state index >= 15 is 0 Å². The van der Waals surface area contributed by atoms with Gasteiger partial charge in [-0.3, -0.25) is 13.7 Å². The molecule has 6 unspecified atom stereocenters. The Labute approximate surface area is 893 Å². The Kier molecular flexibility index (Phi) is 97.2. The zero-order valence-electron chi connectivity index (χ0n) is 97.6.